The summed E-state index contributed by atoms with van der Waals surface area (Å²) in [5.41, 5.74) is 0.569. The number of benzene rings is 1. The van der Waals surface area contributed by atoms with E-state index in [0.29, 0.717) is 18.7 Å². The molecule has 1 saturated heterocycles. The molecule has 6 nitrogen and oxygen atoms in total. The van der Waals surface area contributed by atoms with Crippen molar-refractivity contribution in [1.82, 2.24) is 4.72 Å². The lowest BCUT2D eigenvalue weighted by molar-refractivity contribution is -0.115. The van der Waals surface area contributed by atoms with Crippen LogP contribution in [-0.2, 0) is 26.0 Å². The molecule has 8 heteroatoms. The van der Waals surface area contributed by atoms with Crippen molar-refractivity contribution in [3.05, 3.63) is 46.7 Å². The van der Waals surface area contributed by atoms with Gasteiger partial charge in [-0.2, -0.15) is 0 Å². The van der Waals surface area contributed by atoms with Gasteiger partial charge in [0, 0.05) is 23.7 Å². The van der Waals surface area contributed by atoms with E-state index in [2.05, 4.69) is 10.0 Å². The Labute approximate surface area is 151 Å². The molecule has 1 atom stereocenters. The van der Waals surface area contributed by atoms with E-state index in [1.807, 2.05) is 17.5 Å². The van der Waals surface area contributed by atoms with Gasteiger partial charge in [0.25, 0.3) is 0 Å². The molecule has 0 unspecified atom stereocenters. The molecule has 1 aliphatic heterocycles. The number of hydrogen-bond acceptors (Lipinski definition) is 5. The first-order valence-electron chi connectivity index (χ1n) is 8.06. The first-order valence-corrected chi connectivity index (χ1v) is 10.4. The van der Waals surface area contributed by atoms with Gasteiger partial charge in [-0.05, 0) is 48.6 Å². The van der Waals surface area contributed by atoms with E-state index in [-0.39, 0.29) is 23.5 Å². The summed E-state index contributed by atoms with van der Waals surface area (Å²) in [6.45, 7) is 0.966. The fourth-order valence-corrected chi connectivity index (χ4v) is 4.36. The average molecular weight is 380 g/mol. The number of sulfonamides is 1. The zero-order chi connectivity index (χ0) is 17.7. The number of hydrogen-bond donors (Lipinski definition) is 2. The first kappa shape index (κ1) is 18.1. The van der Waals surface area contributed by atoms with Crippen LogP contribution >= 0.6 is 11.3 Å². The molecule has 134 valence electrons. The lowest BCUT2D eigenvalue weighted by atomic mass is 10.2. The maximum atomic E-state index is 12.3. The zero-order valence-electron chi connectivity index (χ0n) is 13.6. The predicted molar refractivity (Wildman–Crippen MR) is 97.3 cm³/mol. The molecule has 2 aromatic rings. The van der Waals surface area contributed by atoms with Gasteiger partial charge in [-0.3, -0.25) is 4.79 Å². The fraction of sp³-hybridized carbons (Fsp3) is 0.353. The van der Waals surface area contributed by atoms with Gasteiger partial charge in [0.1, 0.15) is 0 Å². The molecule has 2 N–H and O–H groups in total. The zero-order valence-corrected chi connectivity index (χ0v) is 15.2. The summed E-state index contributed by atoms with van der Waals surface area (Å²) in [7, 11) is -3.58. The Morgan fingerprint density at radius 2 is 2.04 bits per heavy atom. The molecular formula is C17H20N2O4S2. The van der Waals surface area contributed by atoms with Crippen molar-refractivity contribution in [2.75, 3.05) is 18.5 Å². The molecule has 2 heterocycles. The highest BCUT2D eigenvalue weighted by atomic mass is 32.2. The molecule has 0 bridgehead atoms. The topological polar surface area (TPSA) is 84.5 Å². The van der Waals surface area contributed by atoms with Crippen molar-refractivity contribution in [3.8, 4) is 0 Å². The van der Waals surface area contributed by atoms with Crippen molar-refractivity contribution >= 4 is 33.0 Å². The summed E-state index contributed by atoms with van der Waals surface area (Å²) in [6.07, 6.45) is 2.09. The van der Waals surface area contributed by atoms with Crippen LogP contribution in [0.4, 0.5) is 5.69 Å². The summed E-state index contributed by atoms with van der Waals surface area (Å²) in [5.74, 6) is -0.130. The Bertz CT molecular complexity index is 796. The van der Waals surface area contributed by atoms with Crippen LogP contribution in [0.5, 0.6) is 0 Å². The molecule has 1 aliphatic rings. The van der Waals surface area contributed by atoms with Crippen LogP contribution < -0.4 is 10.0 Å². The number of amides is 1. The Morgan fingerprint density at radius 1 is 1.24 bits per heavy atom. The second-order valence-corrected chi connectivity index (χ2v) is 8.61. The molecule has 1 aromatic heterocycles. The molecule has 0 spiro atoms. The summed E-state index contributed by atoms with van der Waals surface area (Å²) >= 11 is 1.52. The average Bonchev–Trinajstić information content (AvgIpc) is 3.27. The van der Waals surface area contributed by atoms with Crippen molar-refractivity contribution in [3.63, 3.8) is 0 Å². The van der Waals surface area contributed by atoms with E-state index < -0.39 is 10.0 Å². The highest BCUT2D eigenvalue weighted by Gasteiger charge is 2.20. The third-order valence-corrected chi connectivity index (χ3v) is 6.20. The SMILES string of the molecule is O=C(Cc1cccs1)Nc1ccc(S(=O)(=O)NC[C@H]2CCCO2)cc1. The minimum absolute atomic E-state index is 0.0504. The Balaban J connectivity index is 1.56. The van der Waals surface area contributed by atoms with E-state index in [1.54, 1.807) is 12.1 Å². The van der Waals surface area contributed by atoms with Gasteiger partial charge in [0.2, 0.25) is 15.9 Å². The standard InChI is InChI=1S/C17H20N2O4S2/c20-17(11-15-4-2-10-24-15)19-13-5-7-16(8-6-13)25(21,22)18-12-14-3-1-9-23-14/h2,4-8,10,14,18H,1,3,9,11-12H2,(H,19,20)/t14-/m1/s1. The maximum absolute atomic E-state index is 12.3. The number of carbonyl (C=O) groups excluding carboxylic acids is 1. The molecule has 1 fully saturated rings. The largest absolute Gasteiger partial charge is 0.377 e. The van der Waals surface area contributed by atoms with Crippen LogP contribution in [0, 0.1) is 0 Å². The third-order valence-electron chi connectivity index (χ3n) is 3.89. The number of ether oxygens (including phenoxy) is 1. The summed E-state index contributed by atoms with van der Waals surface area (Å²) in [5, 5.41) is 4.69. The Hall–Kier alpha value is -1.74. The van der Waals surface area contributed by atoms with E-state index >= 15 is 0 Å². The van der Waals surface area contributed by atoms with Crippen LogP contribution in [0.1, 0.15) is 17.7 Å². The highest BCUT2D eigenvalue weighted by Crippen LogP contribution is 2.16. The number of anilines is 1. The van der Waals surface area contributed by atoms with E-state index in [9.17, 15) is 13.2 Å². The van der Waals surface area contributed by atoms with Crippen molar-refractivity contribution in [2.24, 2.45) is 0 Å². The molecule has 0 radical (unpaired) electrons. The lowest BCUT2D eigenvalue weighted by Gasteiger charge is -2.12. The maximum Gasteiger partial charge on any atom is 0.240 e. The van der Waals surface area contributed by atoms with Gasteiger partial charge < -0.3 is 10.1 Å². The molecule has 0 saturated carbocycles. The third kappa shape index (κ3) is 5.12. The van der Waals surface area contributed by atoms with Gasteiger partial charge in [-0.25, -0.2) is 13.1 Å². The smallest absolute Gasteiger partial charge is 0.240 e. The van der Waals surface area contributed by atoms with Crippen LogP contribution in [0.25, 0.3) is 0 Å². The second-order valence-electron chi connectivity index (χ2n) is 5.82. The van der Waals surface area contributed by atoms with E-state index in [1.165, 1.54) is 23.5 Å². The van der Waals surface area contributed by atoms with Gasteiger partial charge in [-0.1, -0.05) is 6.07 Å². The van der Waals surface area contributed by atoms with Crippen molar-refractivity contribution in [2.45, 2.75) is 30.3 Å². The molecule has 3 rings (SSSR count). The van der Waals surface area contributed by atoms with Gasteiger partial charge in [-0.15, -0.1) is 11.3 Å². The van der Waals surface area contributed by atoms with Crippen LogP contribution in [0.3, 0.4) is 0 Å². The molecule has 1 aromatic carbocycles. The van der Waals surface area contributed by atoms with Gasteiger partial charge in [0.15, 0.2) is 0 Å². The summed E-state index contributed by atoms with van der Waals surface area (Å²) in [4.78, 5) is 13.1. The van der Waals surface area contributed by atoms with E-state index in [0.717, 1.165) is 17.7 Å². The predicted octanol–water partition coefficient (Wildman–Crippen LogP) is 2.39. The number of carbonyl (C=O) groups is 1. The molecule has 25 heavy (non-hydrogen) atoms. The molecular weight excluding hydrogens is 360 g/mol. The minimum atomic E-state index is -3.58. The molecule has 0 aliphatic carbocycles. The minimum Gasteiger partial charge on any atom is -0.377 e. The number of nitrogens with one attached hydrogen (secondary N) is 2. The van der Waals surface area contributed by atoms with Gasteiger partial charge in [0.05, 0.1) is 17.4 Å². The highest BCUT2D eigenvalue weighted by molar-refractivity contribution is 7.89. The van der Waals surface area contributed by atoms with Crippen molar-refractivity contribution < 1.29 is 17.9 Å². The Morgan fingerprint density at radius 3 is 2.68 bits per heavy atom. The Kier molecular flexibility index (Phi) is 5.85. The summed E-state index contributed by atoms with van der Waals surface area (Å²) < 4.78 is 32.5. The van der Waals surface area contributed by atoms with E-state index in [4.69, 9.17) is 4.74 Å². The quantitative estimate of drug-likeness (QED) is 0.772. The lowest BCUT2D eigenvalue weighted by Crippen LogP contribution is -2.31. The van der Waals surface area contributed by atoms with Crippen LogP contribution in [0.15, 0.2) is 46.7 Å². The second kappa shape index (κ2) is 8.09. The summed E-state index contributed by atoms with van der Waals surface area (Å²) in [6, 6.07) is 9.95. The normalized spacial score (nSPS) is 17.5. The van der Waals surface area contributed by atoms with Crippen LogP contribution in [-0.4, -0.2) is 33.6 Å². The van der Waals surface area contributed by atoms with Crippen molar-refractivity contribution in [1.29, 1.82) is 0 Å². The van der Waals surface area contributed by atoms with Crippen LogP contribution in [0.2, 0.25) is 0 Å². The fourth-order valence-electron chi connectivity index (χ4n) is 2.59. The number of thiophene rings is 1. The molecule has 1 amide bonds. The first-order chi connectivity index (χ1) is 12.0. The monoisotopic (exact) mass is 380 g/mol. The van der Waals surface area contributed by atoms with Gasteiger partial charge >= 0.3 is 0 Å². The number of rotatable bonds is 7.